The van der Waals surface area contributed by atoms with E-state index >= 15 is 0 Å². The van der Waals surface area contributed by atoms with Crippen LogP contribution in [-0.4, -0.2) is 23.3 Å². The smallest absolute Gasteiger partial charge is 0.0535 e. The molecule has 1 aromatic carbocycles. The number of aromatic nitrogens is 2. The molecule has 4 heteroatoms. The molecule has 0 unspecified atom stereocenters. The molecule has 2 heterocycles. The zero-order chi connectivity index (χ0) is 16.3. The highest BCUT2D eigenvalue weighted by Gasteiger charge is 2.19. The molecular weight excluding hydrogens is 284 g/mol. The molecule has 23 heavy (non-hydrogen) atoms. The van der Waals surface area contributed by atoms with Crippen LogP contribution in [0.1, 0.15) is 50.4 Å². The summed E-state index contributed by atoms with van der Waals surface area (Å²) in [5.74, 6) is 0. The van der Waals surface area contributed by atoms with E-state index in [1.807, 2.05) is 6.20 Å². The van der Waals surface area contributed by atoms with Crippen molar-refractivity contribution in [3.63, 3.8) is 0 Å². The van der Waals surface area contributed by atoms with E-state index in [1.165, 1.54) is 48.4 Å². The molecule has 1 aromatic heterocycles. The average Bonchev–Trinajstić information content (AvgIpc) is 3.19. The first-order chi connectivity index (χ1) is 11.0. The maximum Gasteiger partial charge on any atom is 0.0535 e. The number of H-pyrrole nitrogens is 1. The lowest BCUT2D eigenvalue weighted by atomic mass is 9.89. The Balaban J connectivity index is 1.54. The summed E-state index contributed by atoms with van der Waals surface area (Å²) in [5.41, 5.74) is 5.26. The Morgan fingerprint density at radius 1 is 1.09 bits per heavy atom. The van der Waals surface area contributed by atoms with Gasteiger partial charge in [-0.3, -0.25) is 5.10 Å². The summed E-state index contributed by atoms with van der Waals surface area (Å²) < 4.78 is 0. The van der Waals surface area contributed by atoms with Crippen molar-refractivity contribution in [1.29, 1.82) is 0 Å². The van der Waals surface area contributed by atoms with Crippen LogP contribution in [0.5, 0.6) is 0 Å². The lowest BCUT2D eigenvalue weighted by molar-refractivity contribution is 0.553. The molecule has 2 N–H and O–H groups in total. The average molecular weight is 312 g/mol. The molecule has 0 aliphatic carbocycles. The van der Waals surface area contributed by atoms with Crippen molar-refractivity contribution in [2.24, 2.45) is 0 Å². The highest BCUT2D eigenvalue weighted by molar-refractivity contribution is 5.48. The van der Waals surface area contributed by atoms with E-state index in [1.54, 1.807) is 0 Å². The van der Waals surface area contributed by atoms with Crippen molar-refractivity contribution < 1.29 is 0 Å². The molecule has 0 spiro atoms. The normalized spacial score (nSPS) is 15.3. The van der Waals surface area contributed by atoms with Gasteiger partial charge in [-0.05, 0) is 30.5 Å². The van der Waals surface area contributed by atoms with Crippen LogP contribution >= 0.6 is 0 Å². The van der Waals surface area contributed by atoms with E-state index in [0.29, 0.717) is 0 Å². The number of benzene rings is 1. The second-order valence-corrected chi connectivity index (χ2v) is 7.48. The molecular formula is C19H28N4. The van der Waals surface area contributed by atoms with Gasteiger partial charge in [0.25, 0.3) is 0 Å². The standard InChI is InChI=1S/C19H28N4/c1-19(2,3)18-16(14-21-22-18)13-20-12-15-6-8-17(9-7-15)23-10-4-5-11-23/h6-9,14,20H,4-5,10-13H2,1-3H3,(H,21,22). The number of nitrogens with one attached hydrogen (secondary N) is 2. The van der Waals surface area contributed by atoms with Crippen molar-refractivity contribution in [2.45, 2.75) is 52.1 Å². The van der Waals surface area contributed by atoms with Crippen LogP contribution in [0.4, 0.5) is 5.69 Å². The van der Waals surface area contributed by atoms with Gasteiger partial charge < -0.3 is 10.2 Å². The minimum Gasteiger partial charge on any atom is -0.372 e. The molecule has 0 saturated carbocycles. The third-order valence-corrected chi connectivity index (χ3v) is 4.52. The molecule has 3 rings (SSSR count). The van der Waals surface area contributed by atoms with E-state index in [4.69, 9.17) is 0 Å². The lowest BCUT2D eigenvalue weighted by Crippen LogP contribution is -2.19. The summed E-state index contributed by atoms with van der Waals surface area (Å²) in [5, 5.41) is 10.9. The van der Waals surface area contributed by atoms with E-state index in [-0.39, 0.29) is 5.41 Å². The minimum atomic E-state index is 0.102. The lowest BCUT2D eigenvalue weighted by Gasteiger charge is -2.19. The molecule has 0 amide bonds. The Morgan fingerprint density at radius 2 is 1.78 bits per heavy atom. The van der Waals surface area contributed by atoms with Gasteiger partial charge in [0.1, 0.15) is 0 Å². The fraction of sp³-hybridized carbons (Fsp3) is 0.526. The Kier molecular flexibility index (Phi) is 4.71. The number of anilines is 1. The predicted octanol–water partition coefficient (Wildman–Crippen LogP) is 3.60. The minimum absolute atomic E-state index is 0.102. The molecule has 2 aromatic rings. The number of aromatic amines is 1. The first-order valence-electron chi connectivity index (χ1n) is 8.61. The maximum atomic E-state index is 4.20. The van der Waals surface area contributed by atoms with Crippen molar-refractivity contribution in [2.75, 3.05) is 18.0 Å². The number of hydrogen-bond acceptors (Lipinski definition) is 3. The molecule has 1 aliphatic heterocycles. The van der Waals surface area contributed by atoms with Crippen molar-refractivity contribution in [1.82, 2.24) is 15.5 Å². The van der Waals surface area contributed by atoms with E-state index in [2.05, 4.69) is 65.5 Å². The SMILES string of the molecule is CC(C)(C)c1[nH]ncc1CNCc1ccc(N2CCCC2)cc1. The molecule has 0 radical (unpaired) electrons. The summed E-state index contributed by atoms with van der Waals surface area (Å²) in [6, 6.07) is 8.98. The third kappa shape index (κ3) is 3.94. The van der Waals surface area contributed by atoms with Gasteiger partial charge in [-0.15, -0.1) is 0 Å². The molecule has 1 fully saturated rings. The van der Waals surface area contributed by atoms with Crippen LogP contribution in [0, 0.1) is 0 Å². The van der Waals surface area contributed by atoms with Crippen LogP contribution < -0.4 is 10.2 Å². The van der Waals surface area contributed by atoms with Crippen molar-refractivity contribution >= 4 is 5.69 Å². The third-order valence-electron chi connectivity index (χ3n) is 4.52. The first kappa shape index (κ1) is 16.1. The zero-order valence-electron chi connectivity index (χ0n) is 14.5. The van der Waals surface area contributed by atoms with Gasteiger partial charge in [0.05, 0.1) is 6.20 Å². The molecule has 1 aliphatic rings. The van der Waals surface area contributed by atoms with Gasteiger partial charge in [-0.25, -0.2) is 0 Å². The summed E-state index contributed by atoms with van der Waals surface area (Å²) in [7, 11) is 0. The molecule has 0 bridgehead atoms. The summed E-state index contributed by atoms with van der Waals surface area (Å²) >= 11 is 0. The van der Waals surface area contributed by atoms with E-state index in [0.717, 1.165) is 13.1 Å². The van der Waals surface area contributed by atoms with Gasteiger partial charge in [-0.1, -0.05) is 32.9 Å². The summed E-state index contributed by atoms with van der Waals surface area (Å²) in [6.45, 7) is 10.8. The van der Waals surface area contributed by atoms with Crippen LogP contribution in [-0.2, 0) is 18.5 Å². The summed E-state index contributed by atoms with van der Waals surface area (Å²) in [4.78, 5) is 2.47. The highest BCUT2D eigenvalue weighted by atomic mass is 15.1. The predicted molar refractivity (Wildman–Crippen MR) is 95.7 cm³/mol. The number of nitrogens with zero attached hydrogens (tertiary/aromatic N) is 2. The van der Waals surface area contributed by atoms with Gasteiger partial charge in [-0.2, -0.15) is 5.10 Å². The van der Waals surface area contributed by atoms with Crippen LogP contribution in [0.25, 0.3) is 0 Å². The second-order valence-electron chi connectivity index (χ2n) is 7.48. The molecule has 1 saturated heterocycles. The van der Waals surface area contributed by atoms with Gasteiger partial charge in [0, 0.05) is 48.5 Å². The van der Waals surface area contributed by atoms with E-state index in [9.17, 15) is 0 Å². The molecule has 4 nitrogen and oxygen atoms in total. The van der Waals surface area contributed by atoms with Crippen LogP contribution in [0.2, 0.25) is 0 Å². The van der Waals surface area contributed by atoms with Crippen LogP contribution in [0.15, 0.2) is 30.5 Å². The van der Waals surface area contributed by atoms with Gasteiger partial charge in [0.2, 0.25) is 0 Å². The molecule has 0 atom stereocenters. The fourth-order valence-electron chi connectivity index (χ4n) is 3.24. The maximum absolute atomic E-state index is 4.20. The second kappa shape index (κ2) is 6.75. The zero-order valence-corrected chi connectivity index (χ0v) is 14.5. The topological polar surface area (TPSA) is 44.0 Å². The number of rotatable bonds is 5. The summed E-state index contributed by atoms with van der Waals surface area (Å²) in [6.07, 6.45) is 4.58. The largest absolute Gasteiger partial charge is 0.372 e. The Hall–Kier alpha value is -1.81. The van der Waals surface area contributed by atoms with Gasteiger partial charge in [0.15, 0.2) is 0 Å². The fourth-order valence-corrected chi connectivity index (χ4v) is 3.24. The molecule has 124 valence electrons. The quantitative estimate of drug-likeness (QED) is 0.886. The van der Waals surface area contributed by atoms with Gasteiger partial charge >= 0.3 is 0 Å². The van der Waals surface area contributed by atoms with Crippen LogP contribution in [0.3, 0.4) is 0 Å². The number of hydrogen-bond donors (Lipinski definition) is 2. The van der Waals surface area contributed by atoms with Crippen molar-refractivity contribution in [3.8, 4) is 0 Å². The monoisotopic (exact) mass is 312 g/mol. The first-order valence-corrected chi connectivity index (χ1v) is 8.61. The van der Waals surface area contributed by atoms with E-state index < -0.39 is 0 Å². The Morgan fingerprint density at radius 3 is 2.43 bits per heavy atom. The highest BCUT2D eigenvalue weighted by Crippen LogP contribution is 2.23. The van der Waals surface area contributed by atoms with Crippen molar-refractivity contribution in [3.05, 3.63) is 47.3 Å². The Labute approximate surface area is 139 Å². The Bertz CT molecular complexity index is 616.